The SMILES string of the molecule is O=C1c2[nH]nc(-c3cc(Cl)ccc3O)c2C(c2ccc(Br)cc2)N1Cc1cccnc1. The Labute approximate surface area is 191 Å². The third kappa shape index (κ3) is 3.49. The van der Waals surface area contributed by atoms with Crippen molar-refractivity contribution in [3.05, 3.63) is 98.9 Å². The zero-order valence-electron chi connectivity index (χ0n) is 16.1. The van der Waals surface area contributed by atoms with Crippen LogP contribution in [0.5, 0.6) is 5.75 Å². The van der Waals surface area contributed by atoms with Crippen LogP contribution in [-0.2, 0) is 6.54 Å². The quantitative estimate of drug-likeness (QED) is 0.400. The molecule has 5 rings (SSSR count). The summed E-state index contributed by atoms with van der Waals surface area (Å²) in [4.78, 5) is 19.3. The zero-order valence-corrected chi connectivity index (χ0v) is 18.4. The molecule has 154 valence electrons. The number of rotatable bonds is 4. The molecule has 0 spiro atoms. The van der Waals surface area contributed by atoms with Crippen molar-refractivity contribution < 1.29 is 9.90 Å². The van der Waals surface area contributed by atoms with Gasteiger partial charge in [-0.15, -0.1) is 0 Å². The van der Waals surface area contributed by atoms with Crippen LogP contribution in [0.4, 0.5) is 0 Å². The number of carbonyl (C=O) groups excluding carboxylic acids is 1. The number of H-pyrrole nitrogens is 1. The fourth-order valence-electron chi connectivity index (χ4n) is 3.94. The number of benzene rings is 2. The number of amides is 1. The molecule has 0 radical (unpaired) electrons. The van der Waals surface area contributed by atoms with E-state index in [0.29, 0.717) is 34.1 Å². The average molecular weight is 496 g/mol. The molecule has 0 saturated heterocycles. The van der Waals surface area contributed by atoms with Crippen molar-refractivity contribution in [3.8, 4) is 17.0 Å². The lowest BCUT2D eigenvalue weighted by atomic mass is 9.95. The van der Waals surface area contributed by atoms with E-state index in [1.165, 1.54) is 6.07 Å². The molecule has 0 fully saturated rings. The van der Waals surface area contributed by atoms with Crippen LogP contribution in [0.2, 0.25) is 5.02 Å². The topological polar surface area (TPSA) is 82.1 Å². The predicted octanol–water partition coefficient (Wildman–Crippen LogP) is 5.34. The zero-order chi connectivity index (χ0) is 21.5. The molecular formula is C23H16BrClN4O2. The van der Waals surface area contributed by atoms with E-state index in [9.17, 15) is 9.90 Å². The Bertz CT molecular complexity index is 1270. The van der Waals surface area contributed by atoms with Crippen LogP contribution in [0.25, 0.3) is 11.3 Å². The highest BCUT2D eigenvalue weighted by Crippen LogP contribution is 2.45. The van der Waals surface area contributed by atoms with Gasteiger partial charge in [0.2, 0.25) is 0 Å². The lowest BCUT2D eigenvalue weighted by molar-refractivity contribution is 0.0730. The van der Waals surface area contributed by atoms with Gasteiger partial charge in [-0.1, -0.05) is 45.7 Å². The first-order valence-electron chi connectivity index (χ1n) is 9.55. The van der Waals surface area contributed by atoms with Crippen molar-refractivity contribution in [1.29, 1.82) is 0 Å². The van der Waals surface area contributed by atoms with E-state index in [1.54, 1.807) is 29.4 Å². The second-order valence-corrected chi connectivity index (χ2v) is 8.62. The summed E-state index contributed by atoms with van der Waals surface area (Å²) < 4.78 is 0.944. The Balaban J connectivity index is 1.68. The summed E-state index contributed by atoms with van der Waals surface area (Å²) in [5.41, 5.74) is 3.96. The van der Waals surface area contributed by atoms with Crippen LogP contribution < -0.4 is 0 Å². The number of pyridine rings is 1. The molecule has 0 aliphatic carbocycles. The molecule has 1 aliphatic rings. The summed E-state index contributed by atoms with van der Waals surface area (Å²) >= 11 is 9.65. The van der Waals surface area contributed by atoms with E-state index in [0.717, 1.165) is 15.6 Å². The number of halogens is 2. The van der Waals surface area contributed by atoms with E-state index >= 15 is 0 Å². The van der Waals surface area contributed by atoms with Gasteiger partial charge in [0.25, 0.3) is 5.91 Å². The molecule has 1 unspecified atom stereocenters. The van der Waals surface area contributed by atoms with Crippen molar-refractivity contribution in [2.45, 2.75) is 12.6 Å². The van der Waals surface area contributed by atoms with Gasteiger partial charge < -0.3 is 10.0 Å². The number of fused-ring (bicyclic) bond motifs is 1. The summed E-state index contributed by atoms with van der Waals surface area (Å²) in [6.07, 6.45) is 3.45. The molecule has 1 aliphatic heterocycles. The van der Waals surface area contributed by atoms with Crippen LogP contribution >= 0.6 is 27.5 Å². The van der Waals surface area contributed by atoms with Crippen molar-refractivity contribution in [1.82, 2.24) is 20.1 Å². The standard InChI is InChI=1S/C23H16BrClN4O2/c24-15-5-3-14(4-6-15)22-19-20(17-10-16(25)7-8-18(17)30)27-28-21(19)23(31)29(22)12-13-2-1-9-26-11-13/h1-11,22,30H,12H2,(H,27,28). The van der Waals surface area contributed by atoms with E-state index in [1.807, 2.05) is 36.4 Å². The molecule has 0 saturated carbocycles. The summed E-state index contributed by atoms with van der Waals surface area (Å²) in [7, 11) is 0. The Hall–Kier alpha value is -3.16. The van der Waals surface area contributed by atoms with E-state index < -0.39 is 0 Å². The number of carbonyl (C=O) groups is 1. The highest BCUT2D eigenvalue weighted by Gasteiger charge is 2.42. The van der Waals surface area contributed by atoms with Crippen molar-refractivity contribution in [3.63, 3.8) is 0 Å². The van der Waals surface area contributed by atoms with Gasteiger partial charge >= 0.3 is 0 Å². The van der Waals surface area contributed by atoms with Crippen LogP contribution in [0.3, 0.4) is 0 Å². The molecule has 2 aromatic heterocycles. The normalized spacial score (nSPS) is 15.4. The first-order valence-corrected chi connectivity index (χ1v) is 10.7. The third-order valence-corrected chi connectivity index (χ3v) is 6.10. The number of nitrogens with one attached hydrogen (secondary N) is 1. The van der Waals surface area contributed by atoms with Gasteiger partial charge in [-0.2, -0.15) is 5.10 Å². The largest absolute Gasteiger partial charge is 0.507 e. The van der Waals surface area contributed by atoms with Crippen molar-refractivity contribution in [2.24, 2.45) is 0 Å². The average Bonchev–Trinajstić information content (AvgIpc) is 3.31. The Morgan fingerprint density at radius 1 is 1.16 bits per heavy atom. The summed E-state index contributed by atoms with van der Waals surface area (Å²) in [5.74, 6) is -0.113. The van der Waals surface area contributed by atoms with E-state index in [2.05, 4.69) is 31.1 Å². The number of phenolic OH excluding ortho intramolecular Hbond substituents is 1. The maximum Gasteiger partial charge on any atom is 0.273 e. The van der Waals surface area contributed by atoms with Gasteiger partial charge in [0.05, 0.1) is 6.04 Å². The number of aromatic nitrogens is 3. The minimum absolute atomic E-state index is 0.0476. The highest BCUT2D eigenvalue weighted by atomic mass is 79.9. The van der Waals surface area contributed by atoms with Gasteiger partial charge in [-0.3, -0.25) is 14.9 Å². The molecule has 2 N–H and O–H groups in total. The van der Waals surface area contributed by atoms with Crippen LogP contribution in [-0.4, -0.2) is 31.1 Å². The molecule has 0 bridgehead atoms. The molecule has 4 aromatic rings. The number of hydrogen-bond donors (Lipinski definition) is 2. The lowest BCUT2D eigenvalue weighted by Crippen LogP contribution is -2.29. The molecule has 6 nitrogen and oxygen atoms in total. The number of hydrogen-bond acceptors (Lipinski definition) is 4. The number of phenols is 1. The minimum atomic E-state index is -0.386. The van der Waals surface area contributed by atoms with Crippen LogP contribution in [0.15, 0.2) is 71.5 Å². The molecule has 1 amide bonds. The molecule has 31 heavy (non-hydrogen) atoms. The Morgan fingerprint density at radius 2 is 1.97 bits per heavy atom. The van der Waals surface area contributed by atoms with Gasteiger partial charge in [0.15, 0.2) is 0 Å². The summed E-state index contributed by atoms with van der Waals surface area (Å²) in [6.45, 7) is 0.386. The summed E-state index contributed by atoms with van der Waals surface area (Å²) in [6, 6.07) is 16.0. The maximum atomic E-state index is 13.4. The monoisotopic (exact) mass is 494 g/mol. The fourth-order valence-corrected chi connectivity index (χ4v) is 4.38. The number of nitrogens with zero attached hydrogens (tertiary/aromatic N) is 3. The first-order chi connectivity index (χ1) is 15.0. The molecular weight excluding hydrogens is 480 g/mol. The van der Waals surface area contributed by atoms with Crippen LogP contribution in [0, 0.1) is 0 Å². The predicted molar refractivity (Wildman–Crippen MR) is 121 cm³/mol. The van der Waals surface area contributed by atoms with E-state index in [4.69, 9.17) is 11.6 Å². The molecule has 3 heterocycles. The summed E-state index contributed by atoms with van der Waals surface area (Å²) in [5, 5.41) is 18.2. The fraction of sp³-hybridized carbons (Fsp3) is 0.0870. The van der Waals surface area contributed by atoms with Gasteiger partial charge in [0, 0.05) is 39.6 Å². The molecule has 1 atom stereocenters. The number of aromatic hydroxyl groups is 1. The Morgan fingerprint density at radius 3 is 2.71 bits per heavy atom. The highest BCUT2D eigenvalue weighted by molar-refractivity contribution is 9.10. The molecule has 2 aromatic carbocycles. The lowest BCUT2D eigenvalue weighted by Gasteiger charge is -2.26. The van der Waals surface area contributed by atoms with Crippen molar-refractivity contribution in [2.75, 3.05) is 0 Å². The smallest absolute Gasteiger partial charge is 0.273 e. The number of aromatic amines is 1. The third-order valence-electron chi connectivity index (χ3n) is 5.34. The second-order valence-electron chi connectivity index (χ2n) is 7.27. The minimum Gasteiger partial charge on any atom is -0.507 e. The molecule has 8 heteroatoms. The first kappa shape index (κ1) is 19.8. The van der Waals surface area contributed by atoms with Crippen LogP contribution in [0.1, 0.15) is 33.2 Å². The van der Waals surface area contributed by atoms with E-state index in [-0.39, 0.29) is 17.7 Å². The maximum absolute atomic E-state index is 13.4. The van der Waals surface area contributed by atoms with Gasteiger partial charge in [0.1, 0.15) is 17.1 Å². The van der Waals surface area contributed by atoms with Crippen molar-refractivity contribution >= 4 is 33.4 Å². The van der Waals surface area contributed by atoms with Gasteiger partial charge in [-0.05, 0) is 47.5 Å². The van der Waals surface area contributed by atoms with Gasteiger partial charge in [-0.25, -0.2) is 0 Å². The second kappa shape index (κ2) is 7.83. The Kier molecular flexibility index (Phi) is 5.00.